The van der Waals surface area contributed by atoms with Gasteiger partial charge in [-0.15, -0.1) is 0 Å². The van der Waals surface area contributed by atoms with E-state index in [9.17, 15) is 0 Å². The minimum absolute atomic E-state index is 0.943. The summed E-state index contributed by atoms with van der Waals surface area (Å²) in [6.45, 7) is 0. The van der Waals surface area contributed by atoms with Crippen molar-refractivity contribution in [2.24, 2.45) is 0 Å². The predicted octanol–water partition coefficient (Wildman–Crippen LogP) is 4.20. The summed E-state index contributed by atoms with van der Waals surface area (Å²) in [5.41, 5.74) is 5.74. The average molecular weight is 315 g/mol. The van der Waals surface area contributed by atoms with Crippen LogP contribution in [0.15, 0.2) is 45.5 Å². The third-order valence-corrected chi connectivity index (χ3v) is 4.13. The van der Waals surface area contributed by atoms with Gasteiger partial charge in [-0.3, -0.25) is 5.10 Å². The van der Waals surface area contributed by atoms with Gasteiger partial charge in [-0.2, -0.15) is 5.10 Å². The summed E-state index contributed by atoms with van der Waals surface area (Å²) in [6.07, 6.45) is 3.66. The molecule has 4 heteroatoms. The molecule has 0 saturated carbocycles. The van der Waals surface area contributed by atoms with Gasteiger partial charge < -0.3 is 4.42 Å². The van der Waals surface area contributed by atoms with Crippen molar-refractivity contribution in [2.75, 3.05) is 0 Å². The highest BCUT2D eigenvalue weighted by molar-refractivity contribution is 9.10. The molecule has 0 atom stereocenters. The fourth-order valence-corrected chi connectivity index (χ4v) is 2.94. The Labute approximate surface area is 118 Å². The second-order valence-electron chi connectivity index (χ2n) is 4.69. The number of nitrogens with one attached hydrogen (secondary N) is 1. The van der Waals surface area contributed by atoms with Gasteiger partial charge in [0, 0.05) is 27.6 Å². The number of H-pyrrole nitrogens is 1. The molecule has 0 amide bonds. The van der Waals surface area contributed by atoms with E-state index in [1.807, 2.05) is 18.2 Å². The lowest BCUT2D eigenvalue weighted by molar-refractivity contribution is 0.507. The fraction of sp³-hybridized carbons (Fsp3) is 0.133. The van der Waals surface area contributed by atoms with Crippen LogP contribution in [0.1, 0.15) is 11.3 Å². The van der Waals surface area contributed by atoms with E-state index in [0.717, 1.165) is 45.6 Å². The summed E-state index contributed by atoms with van der Waals surface area (Å²) in [5, 5.41) is 7.65. The van der Waals surface area contributed by atoms with Crippen LogP contribution in [0.5, 0.6) is 0 Å². The maximum absolute atomic E-state index is 5.49. The molecule has 0 unspecified atom stereocenters. The van der Waals surface area contributed by atoms with Gasteiger partial charge in [0.15, 0.2) is 0 Å². The number of nitrogens with zero attached hydrogens (tertiary/aromatic N) is 1. The first-order valence-electron chi connectivity index (χ1n) is 6.23. The summed E-state index contributed by atoms with van der Waals surface area (Å²) < 4.78 is 6.57. The van der Waals surface area contributed by atoms with Crippen molar-refractivity contribution in [3.05, 3.63) is 52.4 Å². The molecule has 94 valence electrons. The van der Waals surface area contributed by atoms with Gasteiger partial charge in [0.2, 0.25) is 0 Å². The van der Waals surface area contributed by atoms with Gasteiger partial charge in [-0.05, 0) is 24.6 Å². The number of aryl methyl sites for hydroxylation is 1. The molecule has 3 nitrogen and oxygen atoms in total. The molecule has 0 saturated heterocycles. The number of benzene rings is 1. The number of aromatic nitrogens is 2. The summed E-state index contributed by atoms with van der Waals surface area (Å²) in [4.78, 5) is 0. The van der Waals surface area contributed by atoms with Crippen molar-refractivity contribution in [2.45, 2.75) is 12.8 Å². The van der Waals surface area contributed by atoms with Crippen molar-refractivity contribution in [3.8, 4) is 22.5 Å². The lowest BCUT2D eigenvalue weighted by atomic mass is 9.92. The van der Waals surface area contributed by atoms with Crippen molar-refractivity contribution in [3.63, 3.8) is 0 Å². The highest BCUT2D eigenvalue weighted by Gasteiger charge is 2.24. The summed E-state index contributed by atoms with van der Waals surface area (Å²) in [5.74, 6) is 1.05. The van der Waals surface area contributed by atoms with Gasteiger partial charge in [0.05, 0.1) is 17.7 Å². The van der Waals surface area contributed by atoms with Crippen LogP contribution < -0.4 is 0 Å². The Hall–Kier alpha value is -1.81. The molecule has 0 radical (unpaired) electrons. The van der Waals surface area contributed by atoms with Crippen LogP contribution in [0.4, 0.5) is 0 Å². The number of furan rings is 1. The molecule has 1 aliphatic rings. The van der Waals surface area contributed by atoms with E-state index >= 15 is 0 Å². The van der Waals surface area contributed by atoms with Crippen LogP contribution >= 0.6 is 15.9 Å². The maximum Gasteiger partial charge on any atom is 0.113 e. The number of hydrogen-bond donors (Lipinski definition) is 1. The quantitative estimate of drug-likeness (QED) is 0.731. The Kier molecular flexibility index (Phi) is 2.38. The number of fused-ring (bicyclic) bond motifs is 3. The van der Waals surface area contributed by atoms with Crippen molar-refractivity contribution >= 4 is 15.9 Å². The van der Waals surface area contributed by atoms with Crippen LogP contribution in [0, 0.1) is 0 Å². The van der Waals surface area contributed by atoms with Crippen LogP contribution in [-0.4, -0.2) is 10.2 Å². The minimum Gasteiger partial charge on any atom is -0.469 e. The van der Waals surface area contributed by atoms with Crippen LogP contribution in [0.3, 0.4) is 0 Å². The molecule has 0 aliphatic heterocycles. The Morgan fingerprint density at radius 3 is 2.79 bits per heavy atom. The monoisotopic (exact) mass is 314 g/mol. The van der Waals surface area contributed by atoms with Crippen molar-refractivity contribution < 1.29 is 4.42 Å². The molecular weight excluding hydrogens is 304 g/mol. The molecule has 2 aromatic heterocycles. The first-order valence-corrected chi connectivity index (χ1v) is 7.02. The van der Waals surface area contributed by atoms with Gasteiger partial charge in [-0.25, -0.2) is 0 Å². The molecule has 1 N–H and O–H groups in total. The Bertz CT molecular complexity index is 740. The summed E-state index contributed by atoms with van der Waals surface area (Å²) in [6, 6.07) is 10.3. The fourth-order valence-electron chi connectivity index (χ4n) is 2.67. The zero-order chi connectivity index (χ0) is 12.8. The lowest BCUT2D eigenvalue weighted by Crippen LogP contribution is -2.00. The van der Waals surface area contributed by atoms with E-state index in [0.29, 0.717) is 0 Å². The molecular formula is C15H11BrN2O. The third-order valence-electron chi connectivity index (χ3n) is 3.60. The smallest absolute Gasteiger partial charge is 0.113 e. The van der Waals surface area contributed by atoms with Gasteiger partial charge in [0.1, 0.15) is 5.76 Å². The molecule has 0 bridgehead atoms. The SMILES string of the molecule is Brc1ccc(-c2n[nH]c3c2CCc2occc2-3)cc1. The van der Waals surface area contributed by atoms with E-state index in [4.69, 9.17) is 4.42 Å². The van der Waals surface area contributed by atoms with Gasteiger partial charge >= 0.3 is 0 Å². The van der Waals surface area contributed by atoms with Crippen molar-refractivity contribution in [1.82, 2.24) is 10.2 Å². The lowest BCUT2D eigenvalue weighted by Gasteiger charge is -2.11. The van der Waals surface area contributed by atoms with E-state index < -0.39 is 0 Å². The normalized spacial score (nSPS) is 13.1. The van der Waals surface area contributed by atoms with E-state index in [1.54, 1.807) is 6.26 Å². The summed E-state index contributed by atoms with van der Waals surface area (Å²) >= 11 is 3.46. The minimum atomic E-state index is 0.943. The molecule has 0 spiro atoms. The second-order valence-corrected chi connectivity index (χ2v) is 5.61. The number of aromatic amines is 1. The molecule has 1 aromatic carbocycles. The third kappa shape index (κ3) is 1.67. The highest BCUT2D eigenvalue weighted by atomic mass is 79.9. The topological polar surface area (TPSA) is 41.8 Å². The number of halogens is 1. The second kappa shape index (κ2) is 4.10. The van der Waals surface area contributed by atoms with E-state index in [2.05, 4.69) is 38.3 Å². The standard InChI is InChI=1S/C15H11BrN2O/c16-10-3-1-9(2-4-10)14-12-5-6-13-11(7-8-19-13)15(12)18-17-14/h1-4,7-8H,5-6H2,(H,17,18). The molecule has 0 fully saturated rings. The molecule has 3 aromatic rings. The van der Waals surface area contributed by atoms with Crippen molar-refractivity contribution in [1.29, 1.82) is 0 Å². The number of rotatable bonds is 1. The zero-order valence-corrected chi connectivity index (χ0v) is 11.7. The Morgan fingerprint density at radius 1 is 1.11 bits per heavy atom. The Morgan fingerprint density at radius 2 is 1.95 bits per heavy atom. The van der Waals surface area contributed by atoms with E-state index in [1.165, 1.54) is 5.56 Å². The van der Waals surface area contributed by atoms with Crippen LogP contribution in [0.25, 0.3) is 22.5 Å². The van der Waals surface area contributed by atoms with Gasteiger partial charge in [0.25, 0.3) is 0 Å². The largest absolute Gasteiger partial charge is 0.469 e. The van der Waals surface area contributed by atoms with Crippen LogP contribution in [-0.2, 0) is 12.8 Å². The maximum atomic E-state index is 5.49. The molecule has 2 heterocycles. The first kappa shape index (κ1) is 11.1. The first-order chi connectivity index (χ1) is 9.33. The average Bonchev–Trinajstić information content (AvgIpc) is 3.04. The Balaban J connectivity index is 1.87. The molecule has 1 aliphatic carbocycles. The molecule has 19 heavy (non-hydrogen) atoms. The number of hydrogen-bond acceptors (Lipinski definition) is 2. The molecule has 4 rings (SSSR count). The van der Waals surface area contributed by atoms with Gasteiger partial charge in [-0.1, -0.05) is 28.1 Å². The predicted molar refractivity (Wildman–Crippen MR) is 76.8 cm³/mol. The zero-order valence-electron chi connectivity index (χ0n) is 10.1. The van der Waals surface area contributed by atoms with Crippen LogP contribution in [0.2, 0.25) is 0 Å². The van der Waals surface area contributed by atoms with E-state index in [-0.39, 0.29) is 0 Å². The highest BCUT2D eigenvalue weighted by Crippen LogP contribution is 2.37. The summed E-state index contributed by atoms with van der Waals surface area (Å²) in [7, 11) is 0.